The first kappa shape index (κ1) is 21.0. The lowest BCUT2D eigenvalue weighted by Gasteiger charge is -2.22. The molecule has 0 amide bonds. The molecule has 3 heterocycles. The highest BCUT2D eigenvalue weighted by Gasteiger charge is 2.38. The van der Waals surface area contributed by atoms with Crippen LogP contribution in [0.15, 0.2) is 42.5 Å². The van der Waals surface area contributed by atoms with E-state index in [2.05, 4.69) is 16.3 Å². The third kappa shape index (κ3) is 3.98. The minimum Gasteiger partial charge on any atom is -0.494 e. The fraction of sp³-hybridized carbons (Fsp3) is 0.400. The van der Waals surface area contributed by atoms with Crippen LogP contribution in [-0.2, 0) is 4.74 Å². The predicted molar refractivity (Wildman–Crippen MR) is 123 cm³/mol. The van der Waals surface area contributed by atoms with E-state index in [1.165, 1.54) is 13.2 Å². The molecule has 2 aliphatic heterocycles. The summed E-state index contributed by atoms with van der Waals surface area (Å²) in [4.78, 5) is 7.16. The number of nitrogens with one attached hydrogen (secondary N) is 1. The molecule has 0 aliphatic carbocycles. The van der Waals surface area contributed by atoms with Crippen LogP contribution in [0.4, 0.5) is 10.1 Å². The Morgan fingerprint density at radius 3 is 2.78 bits per heavy atom. The molecule has 2 unspecified atom stereocenters. The lowest BCUT2D eigenvalue weighted by Crippen LogP contribution is -2.23. The van der Waals surface area contributed by atoms with Crippen molar-refractivity contribution in [1.82, 2.24) is 10.3 Å². The number of anilines is 1. The van der Waals surface area contributed by atoms with Crippen molar-refractivity contribution in [2.75, 3.05) is 51.9 Å². The van der Waals surface area contributed by atoms with E-state index in [1.807, 2.05) is 31.3 Å². The van der Waals surface area contributed by atoms with Gasteiger partial charge < -0.3 is 24.4 Å². The van der Waals surface area contributed by atoms with E-state index >= 15 is 0 Å². The molecular weight excluding hydrogens is 409 g/mol. The maximum atomic E-state index is 14.6. The van der Waals surface area contributed by atoms with Gasteiger partial charge in [0.05, 0.1) is 24.4 Å². The van der Waals surface area contributed by atoms with E-state index in [1.54, 1.807) is 6.07 Å². The van der Waals surface area contributed by atoms with Gasteiger partial charge in [-0.15, -0.1) is 0 Å². The molecule has 2 saturated heterocycles. The van der Waals surface area contributed by atoms with Crippen molar-refractivity contribution >= 4 is 16.6 Å². The summed E-state index contributed by atoms with van der Waals surface area (Å²) in [5.41, 5.74) is 3.51. The van der Waals surface area contributed by atoms with Gasteiger partial charge in [-0.05, 0) is 49.9 Å². The Morgan fingerprint density at radius 1 is 1.19 bits per heavy atom. The van der Waals surface area contributed by atoms with Crippen molar-refractivity contribution in [1.29, 1.82) is 0 Å². The van der Waals surface area contributed by atoms with Crippen molar-refractivity contribution in [2.24, 2.45) is 5.92 Å². The molecule has 2 aliphatic rings. The van der Waals surface area contributed by atoms with Crippen LogP contribution in [0.5, 0.6) is 11.5 Å². The van der Waals surface area contributed by atoms with Gasteiger partial charge in [0.25, 0.3) is 0 Å². The Labute approximate surface area is 187 Å². The van der Waals surface area contributed by atoms with Crippen LogP contribution in [0.1, 0.15) is 6.42 Å². The van der Waals surface area contributed by atoms with Gasteiger partial charge in [-0.1, -0.05) is 0 Å². The molecular formula is C25H28FN3O3. The molecule has 6 nitrogen and oxygen atoms in total. The normalized spacial score (nSPS) is 20.0. The fourth-order valence-corrected chi connectivity index (χ4v) is 4.64. The lowest BCUT2D eigenvalue weighted by molar-refractivity contribution is 0.114. The number of fused-ring (bicyclic) bond motifs is 2. The van der Waals surface area contributed by atoms with Crippen LogP contribution in [0.25, 0.3) is 22.2 Å². The Morgan fingerprint density at radius 2 is 2.03 bits per heavy atom. The van der Waals surface area contributed by atoms with Crippen LogP contribution in [0.3, 0.4) is 0 Å². The maximum absolute atomic E-state index is 14.6. The molecule has 0 radical (unpaired) electrons. The summed E-state index contributed by atoms with van der Waals surface area (Å²) < 4.78 is 31.5. The van der Waals surface area contributed by atoms with Gasteiger partial charge in [-0.2, -0.15) is 0 Å². The Kier molecular flexibility index (Phi) is 5.85. The molecule has 7 heteroatoms. The first-order chi connectivity index (χ1) is 15.7. The third-order valence-electron chi connectivity index (χ3n) is 6.37. The van der Waals surface area contributed by atoms with Crippen molar-refractivity contribution in [3.8, 4) is 22.8 Å². The number of rotatable bonds is 7. The third-order valence-corrected chi connectivity index (χ3v) is 6.37. The minimum atomic E-state index is -0.380. The SMILES string of the molecule is CNCCOc1ccc(-c2cc(N3CC4CCOC4C3)c3cc(F)c(OC)cc3n2)cc1. The number of pyridine rings is 1. The second-order valence-corrected chi connectivity index (χ2v) is 8.37. The monoisotopic (exact) mass is 437 g/mol. The summed E-state index contributed by atoms with van der Waals surface area (Å²) in [6, 6.07) is 13.2. The van der Waals surface area contributed by atoms with Crippen molar-refractivity contribution < 1.29 is 18.6 Å². The van der Waals surface area contributed by atoms with Gasteiger partial charge in [0.1, 0.15) is 12.4 Å². The van der Waals surface area contributed by atoms with Gasteiger partial charge in [0.15, 0.2) is 11.6 Å². The highest BCUT2D eigenvalue weighted by molar-refractivity contribution is 5.95. The van der Waals surface area contributed by atoms with E-state index in [4.69, 9.17) is 19.2 Å². The Bertz CT molecular complexity index is 1090. The topological polar surface area (TPSA) is 55.9 Å². The average Bonchev–Trinajstić information content (AvgIpc) is 3.41. The number of halogens is 1. The molecule has 0 saturated carbocycles. The van der Waals surface area contributed by atoms with Gasteiger partial charge >= 0.3 is 0 Å². The number of hydrogen-bond donors (Lipinski definition) is 1. The first-order valence-corrected chi connectivity index (χ1v) is 11.1. The summed E-state index contributed by atoms with van der Waals surface area (Å²) in [6.45, 7) is 3.96. The molecule has 3 aromatic rings. The van der Waals surface area contributed by atoms with Crippen molar-refractivity contribution in [3.05, 3.63) is 48.3 Å². The summed E-state index contributed by atoms with van der Waals surface area (Å²) in [5, 5.41) is 3.86. The lowest BCUT2D eigenvalue weighted by atomic mass is 10.1. The van der Waals surface area contributed by atoms with Crippen LogP contribution in [0.2, 0.25) is 0 Å². The number of hydrogen-bond acceptors (Lipinski definition) is 6. The summed E-state index contributed by atoms with van der Waals surface area (Å²) in [7, 11) is 3.37. The molecule has 2 fully saturated rings. The predicted octanol–water partition coefficient (Wildman–Crippen LogP) is 3.87. The molecule has 0 bridgehead atoms. The second kappa shape index (κ2) is 8.92. The number of methoxy groups -OCH3 is 1. The summed E-state index contributed by atoms with van der Waals surface area (Å²) >= 11 is 0. The fourth-order valence-electron chi connectivity index (χ4n) is 4.64. The van der Waals surface area contributed by atoms with E-state index in [0.29, 0.717) is 18.0 Å². The van der Waals surface area contributed by atoms with E-state index in [0.717, 1.165) is 60.7 Å². The van der Waals surface area contributed by atoms with E-state index in [-0.39, 0.29) is 17.7 Å². The highest BCUT2D eigenvalue weighted by Crippen LogP contribution is 2.39. The molecule has 168 valence electrons. The van der Waals surface area contributed by atoms with Gasteiger partial charge in [-0.25, -0.2) is 9.37 Å². The Hall–Kier alpha value is -2.90. The average molecular weight is 438 g/mol. The van der Waals surface area contributed by atoms with Gasteiger partial charge in [-0.3, -0.25) is 0 Å². The highest BCUT2D eigenvalue weighted by atomic mass is 19.1. The number of ether oxygens (including phenoxy) is 3. The van der Waals surface area contributed by atoms with Crippen LogP contribution in [-0.4, -0.2) is 58.1 Å². The van der Waals surface area contributed by atoms with E-state index < -0.39 is 0 Å². The zero-order valence-electron chi connectivity index (χ0n) is 18.4. The molecule has 2 atom stereocenters. The van der Waals surface area contributed by atoms with Crippen LogP contribution >= 0.6 is 0 Å². The standard InChI is InChI=1S/C25H28FN3O3/c1-27-8-10-31-18-5-3-16(4-6-18)21-12-23(29-14-17-7-9-32-25(17)15-29)19-11-20(26)24(30-2)13-22(19)28-21/h3-6,11-13,17,25,27H,7-10,14-15H2,1-2H3. The van der Waals surface area contributed by atoms with Gasteiger partial charge in [0.2, 0.25) is 0 Å². The molecule has 1 aromatic heterocycles. The Balaban J connectivity index is 1.53. The van der Waals surface area contributed by atoms with Crippen molar-refractivity contribution in [2.45, 2.75) is 12.5 Å². The minimum absolute atomic E-state index is 0.197. The quantitative estimate of drug-likeness (QED) is 0.567. The van der Waals surface area contributed by atoms with Gasteiger partial charge in [0, 0.05) is 54.9 Å². The number of likely N-dealkylation sites (N-methyl/N-ethyl adjacent to an activating group) is 1. The summed E-state index contributed by atoms with van der Waals surface area (Å²) in [6.07, 6.45) is 1.33. The molecule has 5 rings (SSSR count). The van der Waals surface area contributed by atoms with Crippen LogP contribution in [0, 0.1) is 11.7 Å². The zero-order chi connectivity index (χ0) is 22.1. The molecule has 2 aromatic carbocycles. The first-order valence-electron chi connectivity index (χ1n) is 11.1. The van der Waals surface area contributed by atoms with E-state index in [9.17, 15) is 4.39 Å². The largest absolute Gasteiger partial charge is 0.494 e. The number of aromatic nitrogens is 1. The zero-order valence-corrected chi connectivity index (χ0v) is 18.4. The number of nitrogens with zero attached hydrogens (tertiary/aromatic N) is 2. The van der Waals surface area contributed by atoms with Crippen LogP contribution < -0.4 is 19.7 Å². The summed E-state index contributed by atoms with van der Waals surface area (Å²) in [5.74, 6) is 1.16. The second-order valence-electron chi connectivity index (χ2n) is 8.37. The maximum Gasteiger partial charge on any atom is 0.165 e. The van der Waals surface area contributed by atoms with Crippen molar-refractivity contribution in [3.63, 3.8) is 0 Å². The molecule has 1 N–H and O–H groups in total. The molecule has 32 heavy (non-hydrogen) atoms. The smallest absolute Gasteiger partial charge is 0.165 e. The number of benzene rings is 2. The molecule has 0 spiro atoms.